The first-order valence-electron chi connectivity index (χ1n) is 7.47. The Hall–Kier alpha value is -1.95. The molecule has 0 bridgehead atoms. The van der Waals surface area contributed by atoms with Crippen LogP contribution in [-0.2, 0) is 0 Å². The molecule has 0 saturated carbocycles. The van der Waals surface area contributed by atoms with E-state index in [2.05, 4.69) is 25.8 Å². The first-order valence-corrected chi connectivity index (χ1v) is 8.26. The van der Waals surface area contributed by atoms with Crippen LogP contribution in [0.5, 0.6) is 0 Å². The van der Waals surface area contributed by atoms with Gasteiger partial charge in [0.1, 0.15) is 11.6 Å². The zero-order chi connectivity index (χ0) is 16.4. The second-order valence-corrected chi connectivity index (χ2v) is 6.47. The van der Waals surface area contributed by atoms with Crippen molar-refractivity contribution in [1.29, 1.82) is 0 Å². The summed E-state index contributed by atoms with van der Waals surface area (Å²) in [5.41, 5.74) is 1.23. The molecule has 0 radical (unpaired) electrons. The van der Waals surface area contributed by atoms with E-state index in [1.54, 1.807) is 23.2 Å². The lowest BCUT2D eigenvalue weighted by Crippen LogP contribution is -2.49. The van der Waals surface area contributed by atoms with Crippen LogP contribution in [0.2, 0.25) is 0 Å². The van der Waals surface area contributed by atoms with Crippen LogP contribution in [0.15, 0.2) is 41.0 Å². The van der Waals surface area contributed by atoms with Crippen molar-refractivity contribution in [3.8, 4) is 0 Å². The van der Waals surface area contributed by atoms with Crippen molar-refractivity contribution >= 4 is 27.7 Å². The monoisotopic (exact) mass is 377 g/mol. The molecule has 6 heteroatoms. The molecule has 0 atom stereocenters. The van der Waals surface area contributed by atoms with Crippen LogP contribution in [0.1, 0.15) is 15.9 Å². The fourth-order valence-electron chi connectivity index (χ4n) is 2.79. The Morgan fingerprint density at radius 3 is 2.57 bits per heavy atom. The summed E-state index contributed by atoms with van der Waals surface area (Å²) in [4.78, 5) is 20.7. The SMILES string of the molecule is Cc1cc(Br)cnc1N1CCN(C(=O)c2ccccc2F)CC1. The number of benzene rings is 1. The van der Waals surface area contributed by atoms with Crippen LogP contribution in [-0.4, -0.2) is 42.0 Å². The maximum atomic E-state index is 13.8. The van der Waals surface area contributed by atoms with E-state index in [1.165, 1.54) is 12.1 Å². The molecule has 0 unspecified atom stereocenters. The number of aromatic nitrogens is 1. The number of piperazine rings is 1. The molecule has 2 heterocycles. The minimum absolute atomic E-state index is 0.138. The van der Waals surface area contributed by atoms with Gasteiger partial charge in [-0.15, -0.1) is 0 Å². The Bertz CT molecular complexity index is 730. The van der Waals surface area contributed by atoms with Gasteiger partial charge in [0.15, 0.2) is 0 Å². The highest BCUT2D eigenvalue weighted by molar-refractivity contribution is 9.10. The zero-order valence-electron chi connectivity index (χ0n) is 12.8. The molecule has 1 aromatic heterocycles. The quantitative estimate of drug-likeness (QED) is 0.805. The molecule has 1 fully saturated rings. The van der Waals surface area contributed by atoms with E-state index in [4.69, 9.17) is 0 Å². The lowest BCUT2D eigenvalue weighted by atomic mass is 10.1. The number of pyridine rings is 1. The molecule has 1 amide bonds. The number of carbonyl (C=O) groups is 1. The van der Waals surface area contributed by atoms with Crippen molar-refractivity contribution in [3.05, 3.63) is 57.9 Å². The Balaban J connectivity index is 1.69. The van der Waals surface area contributed by atoms with Crippen LogP contribution in [0.4, 0.5) is 10.2 Å². The number of carbonyl (C=O) groups excluding carboxylic acids is 1. The highest BCUT2D eigenvalue weighted by atomic mass is 79.9. The van der Waals surface area contributed by atoms with Crippen molar-refractivity contribution in [2.45, 2.75) is 6.92 Å². The molecule has 1 aliphatic rings. The molecule has 2 aromatic rings. The molecule has 0 aliphatic carbocycles. The van der Waals surface area contributed by atoms with E-state index in [-0.39, 0.29) is 11.5 Å². The minimum Gasteiger partial charge on any atom is -0.353 e. The summed E-state index contributed by atoms with van der Waals surface area (Å²) in [6.45, 7) is 4.52. The van der Waals surface area contributed by atoms with Gasteiger partial charge >= 0.3 is 0 Å². The van der Waals surface area contributed by atoms with Gasteiger partial charge in [-0.05, 0) is 46.6 Å². The summed E-state index contributed by atoms with van der Waals surface area (Å²) in [7, 11) is 0. The van der Waals surface area contributed by atoms with E-state index < -0.39 is 5.82 Å². The highest BCUT2D eigenvalue weighted by Crippen LogP contribution is 2.22. The average molecular weight is 378 g/mol. The van der Waals surface area contributed by atoms with Gasteiger partial charge in [0.25, 0.3) is 5.91 Å². The molecule has 1 saturated heterocycles. The molecule has 1 aliphatic heterocycles. The molecular weight excluding hydrogens is 361 g/mol. The summed E-state index contributed by atoms with van der Waals surface area (Å²) in [5.74, 6) is 0.222. The van der Waals surface area contributed by atoms with Gasteiger partial charge in [-0.2, -0.15) is 0 Å². The lowest BCUT2D eigenvalue weighted by molar-refractivity contribution is 0.0742. The summed E-state index contributed by atoms with van der Waals surface area (Å²) in [6, 6.07) is 8.15. The number of aryl methyl sites for hydroxylation is 1. The number of rotatable bonds is 2. The van der Waals surface area contributed by atoms with Crippen molar-refractivity contribution in [2.24, 2.45) is 0 Å². The molecule has 23 heavy (non-hydrogen) atoms. The third-order valence-corrected chi connectivity index (χ3v) is 4.42. The smallest absolute Gasteiger partial charge is 0.256 e. The number of nitrogens with zero attached hydrogens (tertiary/aromatic N) is 3. The van der Waals surface area contributed by atoms with Gasteiger partial charge < -0.3 is 9.80 Å². The predicted molar refractivity (Wildman–Crippen MR) is 91.2 cm³/mol. The van der Waals surface area contributed by atoms with E-state index in [1.807, 2.05) is 13.0 Å². The van der Waals surface area contributed by atoms with Gasteiger partial charge in [0.2, 0.25) is 0 Å². The normalized spacial score (nSPS) is 14.9. The zero-order valence-corrected chi connectivity index (χ0v) is 14.4. The molecule has 3 rings (SSSR count). The van der Waals surface area contributed by atoms with Gasteiger partial charge in [0, 0.05) is 36.8 Å². The predicted octanol–water partition coefficient (Wildman–Crippen LogP) is 3.25. The molecule has 4 nitrogen and oxygen atoms in total. The van der Waals surface area contributed by atoms with Gasteiger partial charge in [-0.3, -0.25) is 4.79 Å². The first-order chi connectivity index (χ1) is 11.1. The largest absolute Gasteiger partial charge is 0.353 e. The second-order valence-electron chi connectivity index (χ2n) is 5.55. The fraction of sp³-hybridized carbons (Fsp3) is 0.294. The highest BCUT2D eigenvalue weighted by Gasteiger charge is 2.25. The second kappa shape index (κ2) is 6.66. The standard InChI is InChI=1S/C17H17BrFN3O/c1-12-10-13(18)11-20-16(12)21-6-8-22(9-7-21)17(23)14-4-2-3-5-15(14)19/h2-5,10-11H,6-9H2,1H3. The van der Waals surface area contributed by atoms with Crippen LogP contribution in [0, 0.1) is 12.7 Å². The van der Waals surface area contributed by atoms with E-state index in [0.29, 0.717) is 26.2 Å². The number of anilines is 1. The fourth-order valence-corrected chi connectivity index (χ4v) is 3.24. The molecule has 0 N–H and O–H groups in total. The van der Waals surface area contributed by atoms with Gasteiger partial charge in [-0.25, -0.2) is 9.37 Å². The Kier molecular flexibility index (Phi) is 4.61. The van der Waals surface area contributed by atoms with Crippen molar-refractivity contribution in [2.75, 3.05) is 31.1 Å². The molecule has 0 spiro atoms. The summed E-state index contributed by atoms with van der Waals surface area (Å²) < 4.78 is 14.7. The lowest BCUT2D eigenvalue weighted by Gasteiger charge is -2.36. The minimum atomic E-state index is -0.467. The summed E-state index contributed by atoms with van der Waals surface area (Å²) >= 11 is 3.41. The average Bonchev–Trinajstić information content (AvgIpc) is 2.55. The molecular formula is C17H17BrFN3O. The summed E-state index contributed by atoms with van der Waals surface area (Å²) in [6.07, 6.45) is 1.78. The Morgan fingerprint density at radius 2 is 1.91 bits per heavy atom. The number of hydrogen-bond acceptors (Lipinski definition) is 3. The first kappa shape index (κ1) is 15.9. The van der Waals surface area contributed by atoms with Crippen LogP contribution >= 0.6 is 15.9 Å². The molecule has 120 valence electrons. The topological polar surface area (TPSA) is 36.4 Å². The van der Waals surface area contributed by atoms with E-state index >= 15 is 0 Å². The van der Waals surface area contributed by atoms with Crippen molar-refractivity contribution in [1.82, 2.24) is 9.88 Å². The number of hydrogen-bond donors (Lipinski definition) is 0. The van der Waals surface area contributed by atoms with Crippen molar-refractivity contribution in [3.63, 3.8) is 0 Å². The summed E-state index contributed by atoms with van der Waals surface area (Å²) in [5, 5.41) is 0. The molecule has 1 aromatic carbocycles. The maximum Gasteiger partial charge on any atom is 0.256 e. The van der Waals surface area contributed by atoms with Crippen LogP contribution in [0.3, 0.4) is 0 Å². The van der Waals surface area contributed by atoms with Gasteiger partial charge in [-0.1, -0.05) is 12.1 Å². The van der Waals surface area contributed by atoms with E-state index in [0.717, 1.165) is 15.9 Å². The Morgan fingerprint density at radius 1 is 1.22 bits per heavy atom. The van der Waals surface area contributed by atoms with Crippen LogP contribution < -0.4 is 4.90 Å². The van der Waals surface area contributed by atoms with E-state index in [9.17, 15) is 9.18 Å². The van der Waals surface area contributed by atoms with Crippen molar-refractivity contribution < 1.29 is 9.18 Å². The maximum absolute atomic E-state index is 13.8. The third kappa shape index (κ3) is 3.37. The third-order valence-electron chi connectivity index (χ3n) is 3.99. The number of amides is 1. The van der Waals surface area contributed by atoms with Crippen LogP contribution in [0.25, 0.3) is 0 Å². The Labute approximate surface area is 143 Å². The van der Waals surface area contributed by atoms with Gasteiger partial charge in [0.05, 0.1) is 5.56 Å². The number of halogens is 2.